The van der Waals surface area contributed by atoms with E-state index in [0.29, 0.717) is 13.0 Å². The van der Waals surface area contributed by atoms with Crippen LogP contribution in [0.25, 0.3) is 10.8 Å². The second-order valence-corrected chi connectivity index (χ2v) is 7.68. The predicted octanol–water partition coefficient (Wildman–Crippen LogP) is 2.81. The van der Waals surface area contributed by atoms with E-state index < -0.39 is 6.04 Å². The summed E-state index contributed by atoms with van der Waals surface area (Å²) in [5.74, 6) is -0.266. The van der Waals surface area contributed by atoms with Crippen LogP contribution in [0.1, 0.15) is 24.5 Å². The molecular weight excluding hydrogens is 376 g/mol. The number of fused-ring (bicyclic) bond motifs is 2. The minimum absolute atomic E-state index is 0.0930. The van der Waals surface area contributed by atoms with Gasteiger partial charge in [-0.3, -0.25) is 14.6 Å². The number of anilines is 1. The van der Waals surface area contributed by atoms with Crippen LogP contribution in [0.5, 0.6) is 0 Å². The van der Waals surface area contributed by atoms with Crippen LogP contribution in [0, 0.1) is 0 Å². The van der Waals surface area contributed by atoms with Crippen LogP contribution < -0.4 is 15.5 Å². The summed E-state index contributed by atoms with van der Waals surface area (Å²) in [5.41, 5.74) is 2.98. The summed E-state index contributed by atoms with van der Waals surface area (Å²) in [6.45, 7) is 2.18. The first kappa shape index (κ1) is 20.0. The highest BCUT2D eigenvalue weighted by molar-refractivity contribution is 6.01. The molecule has 1 unspecified atom stereocenters. The molecule has 2 heterocycles. The van der Waals surface area contributed by atoms with E-state index in [1.165, 1.54) is 0 Å². The molecule has 0 spiro atoms. The Morgan fingerprint density at radius 3 is 2.77 bits per heavy atom. The summed E-state index contributed by atoms with van der Waals surface area (Å²) in [6.07, 6.45) is 4.95. The quantitative estimate of drug-likeness (QED) is 0.688. The average Bonchev–Trinajstić information content (AvgIpc) is 2.91. The Balaban J connectivity index is 1.70. The van der Waals surface area contributed by atoms with Gasteiger partial charge in [-0.05, 0) is 49.4 Å². The zero-order valence-corrected chi connectivity index (χ0v) is 17.3. The third-order valence-corrected chi connectivity index (χ3v) is 5.77. The number of hydrogen-bond acceptors (Lipinski definition) is 4. The van der Waals surface area contributed by atoms with Crippen LogP contribution in [-0.2, 0) is 22.6 Å². The second-order valence-electron chi connectivity index (χ2n) is 7.68. The van der Waals surface area contributed by atoms with Crippen molar-refractivity contribution in [3.63, 3.8) is 0 Å². The minimum Gasteiger partial charge on any atom is -0.343 e. The van der Waals surface area contributed by atoms with E-state index in [1.54, 1.807) is 18.9 Å². The number of amides is 2. The summed E-state index contributed by atoms with van der Waals surface area (Å²) in [5, 5.41) is 7.98. The maximum absolute atomic E-state index is 13.6. The maximum Gasteiger partial charge on any atom is 0.249 e. The van der Waals surface area contributed by atoms with E-state index >= 15 is 0 Å². The average molecular weight is 402 g/mol. The normalized spacial score (nSPS) is 17.3. The molecule has 6 heteroatoms. The highest BCUT2D eigenvalue weighted by atomic mass is 16.2. The largest absolute Gasteiger partial charge is 0.343 e. The Labute approximate surface area is 176 Å². The van der Waals surface area contributed by atoms with Crippen molar-refractivity contribution < 1.29 is 9.59 Å². The van der Waals surface area contributed by atoms with Gasteiger partial charge < -0.3 is 15.5 Å². The summed E-state index contributed by atoms with van der Waals surface area (Å²) in [6, 6.07) is 15.1. The smallest absolute Gasteiger partial charge is 0.249 e. The molecule has 4 rings (SSSR count). The van der Waals surface area contributed by atoms with Gasteiger partial charge >= 0.3 is 0 Å². The van der Waals surface area contributed by atoms with Crippen LogP contribution in [0.2, 0.25) is 0 Å². The molecule has 2 atom stereocenters. The van der Waals surface area contributed by atoms with Crippen molar-refractivity contribution in [2.75, 3.05) is 11.9 Å². The zero-order chi connectivity index (χ0) is 21.1. The van der Waals surface area contributed by atoms with Gasteiger partial charge in [-0.25, -0.2) is 0 Å². The zero-order valence-electron chi connectivity index (χ0n) is 17.3. The lowest BCUT2D eigenvalue weighted by Crippen LogP contribution is -2.52. The molecule has 30 heavy (non-hydrogen) atoms. The number of hydrogen-bond donors (Lipinski definition) is 2. The summed E-state index contributed by atoms with van der Waals surface area (Å²) in [4.78, 5) is 32.2. The molecule has 2 amide bonds. The molecule has 0 bridgehead atoms. The molecule has 154 valence electrons. The van der Waals surface area contributed by atoms with Gasteiger partial charge in [-0.1, -0.05) is 42.5 Å². The molecular formula is C24H26N4O2. The van der Waals surface area contributed by atoms with Gasteiger partial charge in [0.25, 0.3) is 0 Å². The lowest BCUT2D eigenvalue weighted by molar-refractivity contribution is -0.128. The monoisotopic (exact) mass is 402 g/mol. The number of carbonyl (C=O) groups excluding carboxylic acids is 2. The topological polar surface area (TPSA) is 74.3 Å². The summed E-state index contributed by atoms with van der Waals surface area (Å²) >= 11 is 0. The Morgan fingerprint density at radius 2 is 1.93 bits per heavy atom. The lowest BCUT2D eigenvalue weighted by atomic mass is 10.1. The molecule has 2 N–H and O–H groups in total. The van der Waals surface area contributed by atoms with E-state index in [2.05, 4.69) is 27.8 Å². The van der Waals surface area contributed by atoms with Gasteiger partial charge in [0.05, 0.1) is 12.6 Å². The third kappa shape index (κ3) is 3.91. The first-order valence-corrected chi connectivity index (χ1v) is 10.3. The van der Waals surface area contributed by atoms with E-state index in [9.17, 15) is 9.59 Å². The molecule has 1 aromatic heterocycles. The number of benzene rings is 2. The molecule has 1 aliphatic heterocycles. The fourth-order valence-corrected chi connectivity index (χ4v) is 3.92. The molecule has 0 saturated carbocycles. The van der Waals surface area contributed by atoms with Crippen LogP contribution >= 0.6 is 0 Å². The van der Waals surface area contributed by atoms with Crippen molar-refractivity contribution in [3.8, 4) is 0 Å². The highest BCUT2D eigenvalue weighted by Gasteiger charge is 2.32. The van der Waals surface area contributed by atoms with Gasteiger partial charge in [-0.2, -0.15) is 0 Å². The van der Waals surface area contributed by atoms with Crippen LogP contribution in [0.3, 0.4) is 0 Å². The Morgan fingerprint density at radius 1 is 1.17 bits per heavy atom. The van der Waals surface area contributed by atoms with Crippen molar-refractivity contribution >= 4 is 28.3 Å². The molecule has 1 aliphatic rings. The molecule has 0 saturated heterocycles. The summed E-state index contributed by atoms with van der Waals surface area (Å²) < 4.78 is 0. The number of nitrogens with zero attached hydrogens (tertiary/aromatic N) is 2. The van der Waals surface area contributed by atoms with E-state index in [4.69, 9.17) is 0 Å². The van der Waals surface area contributed by atoms with Gasteiger partial charge in [0.15, 0.2) is 0 Å². The first-order valence-electron chi connectivity index (χ1n) is 10.3. The Hall–Kier alpha value is -3.25. The van der Waals surface area contributed by atoms with Crippen LogP contribution in [0.15, 0.2) is 60.9 Å². The van der Waals surface area contributed by atoms with Crippen molar-refractivity contribution in [1.82, 2.24) is 15.6 Å². The summed E-state index contributed by atoms with van der Waals surface area (Å²) in [7, 11) is 1.73. The molecule has 0 aliphatic carbocycles. The van der Waals surface area contributed by atoms with E-state index in [0.717, 1.165) is 34.0 Å². The predicted molar refractivity (Wildman–Crippen MR) is 118 cm³/mol. The van der Waals surface area contributed by atoms with Crippen LogP contribution in [-0.4, -0.2) is 35.9 Å². The lowest BCUT2D eigenvalue weighted by Gasteiger charge is -2.27. The maximum atomic E-state index is 13.6. The van der Waals surface area contributed by atoms with E-state index in [-0.39, 0.29) is 17.9 Å². The second kappa shape index (κ2) is 8.63. The number of pyridine rings is 1. The fraction of sp³-hybridized carbons (Fsp3) is 0.292. The van der Waals surface area contributed by atoms with Gasteiger partial charge in [0.1, 0.15) is 6.04 Å². The first-order chi connectivity index (χ1) is 14.6. The SMILES string of the molecule is CN[C@@H](C)C(=O)NC1CCc2ccccc2N(Cc2cncc3ccccc23)C1=O. The minimum atomic E-state index is -0.566. The number of likely N-dealkylation sites (N-methyl/N-ethyl adjacent to an activating group) is 1. The number of rotatable bonds is 5. The van der Waals surface area contributed by atoms with Gasteiger partial charge in [0.2, 0.25) is 11.8 Å². The van der Waals surface area contributed by atoms with Gasteiger partial charge in [-0.15, -0.1) is 0 Å². The standard InChI is InChI=1S/C24H26N4O2/c1-16(25-2)23(29)27-21-12-11-17-7-4-6-10-22(17)28(24(21)30)15-19-14-26-13-18-8-3-5-9-20(18)19/h3-10,13-14,16,21,25H,11-12,15H2,1-2H3,(H,27,29)/t16-,21?/m0/s1. The Bertz CT molecular complexity index is 1080. The van der Waals surface area contributed by atoms with E-state index in [1.807, 2.05) is 48.8 Å². The van der Waals surface area contributed by atoms with Crippen molar-refractivity contribution in [2.45, 2.75) is 38.4 Å². The van der Waals surface area contributed by atoms with Crippen LogP contribution in [0.4, 0.5) is 5.69 Å². The number of carbonyl (C=O) groups is 2. The van der Waals surface area contributed by atoms with Crippen molar-refractivity contribution in [1.29, 1.82) is 0 Å². The number of nitrogens with one attached hydrogen (secondary N) is 2. The fourth-order valence-electron chi connectivity index (χ4n) is 3.92. The highest BCUT2D eigenvalue weighted by Crippen LogP contribution is 2.30. The molecule has 6 nitrogen and oxygen atoms in total. The van der Waals surface area contributed by atoms with Crippen molar-refractivity contribution in [3.05, 3.63) is 72.1 Å². The third-order valence-electron chi connectivity index (χ3n) is 5.77. The number of aryl methyl sites for hydroxylation is 1. The van der Waals surface area contributed by atoms with Crippen molar-refractivity contribution in [2.24, 2.45) is 0 Å². The van der Waals surface area contributed by atoms with Gasteiger partial charge in [0, 0.05) is 23.5 Å². The molecule has 2 aromatic carbocycles. The number of aromatic nitrogens is 1. The molecule has 0 radical (unpaired) electrons. The Kier molecular flexibility index (Phi) is 5.77. The molecule has 0 fully saturated rings. The number of para-hydroxylation sites is 1. The molecule has 3 aromatic rings.